The van der Waals surface area contributed by atoms with Crippen LogP contribution in [0.4, 0.5) is 5.13 Å². The third-order valence-corrected chi connectivity index (χ3v) is 5.89. The Kier molecular flexibility index (Phi) is 5.73. The number of hydrogen-bond donors (Lipinski definition) is 1. The van der Waals surface area contributed by atoms with Crippen molar-refractivity contribution in [3.8, 4) is 5.75 Å². The molecule has 0 saturated carbocycles. The second kappa shape index (κ2) is 7.98. The van der Waals surface area contributed by atoms with E-state index in [-0.39, 0.29) is 5.91 Å². The summed E-state index contributed by atoms with van der Waals surface area (Å²) >= 11 is 2.88. The third-order valence-electron chi connectivity index (χ3n) is 4.07. The predicted octanol–water partition coefficient (Wildman–Crippen LogP) is 3.93. The quantitative estimate of drug-likeness (QED) is 0.622. The molecule has 0 aliphatic heterocycles. The van der Waals surface area contributed by atoms with Crippen LogP contribution in [0.3, 0.4) is 0 Å². The van der Waals surface area contributed by atoms with Crippen molar-refractivity contribution in [2.75, 3.05) is 11.6 Å². The van der Waals surface area contributed by atoms with Gasteiger partial charge in [-0.1, -0.05) is 36.1 Å². The summed E-state index contributed by atoms with van der Waals surface area (Å²) in [6, 6.07) is 6.18. The fourth-order valence-electron chi connectivity index (χ4n) is 2.80. The zero-order valence-electron chi connectivity index (χ0n) is 13.9. The molecule has 0 bridgehead atoms. The molecule has 1 N–H and O–H groups in total. The maximum Gasteiger partial charge on any atom is 0.267 e. The van der Waals surface area contributed by atoms with Gasteiger partial charge in [0.2, 0.25) is 5.13 Å². The molecule has 0 spiro atoms. The Morgan fingerprint density at radius 1 is 1.33 bits per heavy atom. The van der Waals surface area contributed by atoms with Gasteiger partial charge in [0.1, 0.15) is 5.75 Å². The molecule has 128 valence electrons. The number of nitrogens with zero attached hydrogens (tertiary/aromatic N) is 2. The number of hydrogen-bond acceptors (Lipinski definition) is 6. The Morgan fingerprint density at radius 2 is 2.12 bits per heavy atom. The van der Waals surface area contributed by atoms with Crippen molar-refractivity contribution in [1.29, 1.82) is 0 Å². The molecular weight excluding hydrogens is 342 g/mol. The van der Waals surface area contributed by atoms with Crippen LogP contribution >= 0.6 is 23.1 Å². The fraction of sp³-hybridized carbons (Fsp3) is 0.471. The molecule has 5 nitrogen and oxygen atoms in total. The number of aryl methyl sites for hydroxylation is 2. The van der Waals surface area contributed by atoms with E-state index in [2.05, 4.69) is 27.6 Å². The third kappa shape index (κ3) is 4.08. The lowest BCUT2D eigenvalue weighted by atomic mass is 9.92. The van der Waals surface area contributed by atoms with E-state index in [4.69, 9.17) is 4.74 Å². The van der Waals surface area contributed by atoms with Crippen LogP contribution in [0.5, 0.6) is 5.75 Å². The van der Waals surface area contributed by atoms with Crippen LogP contribution in [-0.2, 0) is 17.6 Å². The summed E-state index contributed by atoms with van der Waals surface area (Å²) in [5.41, 5.74) is 2.76. The standard InChI is InChI=1S/C17H21N3O2S2/c1-3-14(15(21)18-16-19-20-17(23-2)24-16)22-13-9-8-11-6-4-5-7-12(11)10-13/h8-10,14H,3-7H2,1-2H3,(H,18,19,21)/t14-/m1/s1. The molecular formula is C17H21N3O2S2. The molecule has 1 atom stereocenters. The van der Waals surface area contributed by atoms with Crippen molar-refractivity contribution in [2.24, 2.45) is 0 Å². The van der Waals surface area contributed by atoms with Gasteiger partial charge in [0.25, 0.3) is 5.91 Å². The zero-order chi connectivity index (χ0) is 16.9. The Hall–Kier alpha value is -1.60. The number of benzene rings is 1. The summed E-state index contributed by atoms with van der Waals surface area (Å²) < 4.78 is 6.76. The largest absolute Gasteiger partial charge is 0.481 e. The average molecular weight is 364 g/mol. The molecule has 0 saturated heterocycles. The molecule has 1 aromatic heterocycles. The molecule has 24 heavy (non-hydrogen) atoms. The minimum absolute atomic E-state index is 0.181. The van der Waals surface area contributed by atoms with Crippen LogP contribution in [0.2, 0.25) is 0 Å². The highest BCUT2D eigenvalue weighted by molar-refractivity contribution is 8.00. The number of rotatable bonds is 6. The highest BCUT2D eigenvalue weighted by Crippen LogP contribution is 2.27. The van der Waals surface area contributed by atoms with Crippen molar-refractivity contribution in [2.45, 2.75) is 49.5 Å². The first-order valence-corrected chi connectivity index (χ1v) is 10.2. The fourth-order valence-corrected chi connectivity index (χ4v) is 3.97. The first kappa shape index (κ1) is 17.2. The average Bonchev–Trinajstić information content (AvgIpc) is 3.07. The number of ether oxygens (including phenoxy) is 1. The maximum absolute atomic E-state index is 12.4. The van der Waals surface area contributed by atoms with E-state index in [0.717, 1.165) is 22.9 Å². The van der Waals surface area contributed by atoms with Crippen LogP contribution in [0.25, 0.3) is 0 Å². The molecule has 1 aliphatic carbocycles. The number of nitrogens with one attached hydrogen (secondary N) is 1. The van der Waals surface area contributed by atoms with Crippen LogP contribution in [0.1, 0.15) is 37.3 Å². The normalized spacial score (nSPS) is 14.8. The molecule has 1 heterocycles. The van der Waals surface area contributed by atoms with Gasteiger partial charge in [-0.25, -0.2) is 0 Å². The Balaban J connectivity index is 1.66. The van der Waals surface area contributed by atoms with Crippen molar-refractivity contribution in [3.63, 3.8) is 0 Å². The van der Waals surface area contributed by atoms with Crippen LogP contribution < -0.4 is 10.1 Å². The molecule has 3 rings (SSSR count). The van der Waals surface area contributed by atoms with Crippen molar-refractivity contribution in [3.05, 3.63) is 29.3 Å². The summed E-state index contributed by atoms with van der Waals surface area (Å²) in [6.45, 7) is 1.94. The summed E-state index contributed by atoms with van der Waals surface area (Å²) in [7, 11) is 0. The molecule has 1 aromatic carbocycles. The van der Waals surface area contributed by atoms with E-state index in [1.807, 2.05) is 19.2 Å². The van der Waals surface area contributed by atoms with Gasteiger partial charge in [0.15, 0.2) is 10.4 Å². The second-order valence-electron chi connectivity index (χ2n) is 5.72. The summed E-state index contributed by atoms with van der Waals surface area (Å²) in [5, 5.41) is 11.3. The van der Waals surface area contributed by atoms with Gasteiger partial charge in [-0.15, -0.1) is 10.2 Å². The van der Waals surface area contributed by atoms with Crippen molar-refractivity contribution >= 4 is 34.1 Å². The lowest BCUT2D eigenvalue weighted by Gasteiger charge is -2.20. The minimum Gasteiger partial charge on any atom is -0.481 e. The van der Waals surface area contributed by atoms with E-state index >= 15 is 0 Å². The smallest absolute Gasteiger partial charge is 0.267 e. The predicted molar refractivity (Wildman–Crippen MR) is 98.1 cm³/mol. The molecule has 7 heteroatoms. The van der Waals surface area contributed by atoms with Crippen LogP contribution in [-0.4, -0.2) is 28.5 Å². The number of amides is 1. The lowest BCUT2D eigenvalue weighted by Crippen LogP contribution is -2.32. The Morgan fingerprint density at radius 3 is 2.83 bits per heavy atom. The lowest BCUT2D eigenvalue weighted by molar-refractivity contribution is -0.122. The number of carbonyl (C=O) groups is 1. The van der Waals surface area contributed by atoms with Gasteiger partial charge in [-0.3, -0.25) is 10.1 Å². The number of fused-ring (bicyclic) bond motifs is 1. The Bertz CT molecular complexity index is 718. The molecule has 1 amide bonds. The topological polar surface area (TPSA) is 64.1 Å². The van der Waals surface area contributed by atoms with E-state index in [9.17, 15) is 4.79 Å². The Labute approximate surface area is 150 Å². The first-order chi connectivity index (χ1) is 11.7. The van der Waals surface area contributed by atoms with Crippen molar-refractivity contribution < 1.29 is 9.53 Å². The van der Waals surface area contributed by atoms with Gasteiger partial charge in [-0.05, 0) is 61.6 Å². The molecule has 0 unspecified atom stereocenters. The van der Waals surface area contributed by atoms with Gasteiger partial charge < -0.3 is 4.74 Å². The molecule has 2 aromatic rings. The summed E-state index contributed by atoms with van der Waals surface area (Å²) in [4.78, 5) is 12.4. The van der Waals surface area contributed by atoms with E-state index in [0.29, 0.717) is 11.6 Å². The van der Waals surface area contributed by atoms with E-state index in [1.54, 1.807) is 0 Å². The van der Waals surface area contributed by atoms with Crippen LogP contribution in [0.15, 0.2) is 22.5 Å². The minimum atomic E-state index is -0.534. The zero-order valence-corrected chi connectivity index (χ0v) is 15.5. The molecule has 0 radical (unpaired) electrons. The maximum atomic E-state index is 12.4. The summed E-state index contributed by atoms with van der Waals surface area (Å²) in [6.07, 6.45) is 6.71. The molecule has 1 aliphatic rings. The SMILES string of the molecule is CC[C@@H](Oc1ccc2c(c1)CCCC2)C(=O)Nc1nnc(SC)s1. The highest BCUT2D eigenvalue weighted by atomic mass is 32.2. The van der Waals surface area contributed by atoms with Gasteiger partial charge in [-0.2, -0.15) is 0 Å². The van der Waals surface area contributed by atoms with E-state index in [1.165, 1.54) is 47.1 Å². The molecule has 0 fully saturated rings. The number of carbonyl (C=O) groups excluding carboxylic acids is 1. The summed E-state index contributed by atoms with van der Waals surface area (Å²) in [5.74, 6) is 0.582. The van der Waals surface area contributed by atoms with E-state index < -0.39 is 6.10 Å². The van der Waals surface area contributed by atoms with Gasteiger partial charge in [0, 0.05) is 0 Å². The highest BCUT2D eigenvalue weighted by Gasteiger charge is 2.21. The number of aromatic nitrogens is 2. The van der Waals surface area contributed by atoms with Gasteiger partial charge >= 0.3 is 0 Å². The second-order valence-corrected chi connectivity index (χ2v) is 7.75. The van der Waals surface area contributed by atoms with Gasteiger partial charge in [0.05, 0.1) is 0 Å². The van der Waals surface area contributed by atoms with Crippen LogP contribution in [0, 0.1) is 0 Å². The first-order valence-electron chi connectivity index (χ1n) is 8.16. The number of anilines is 1. The van der Waals surface area contributed by atoms with Crippen molar-refractivity contribution in [1.82, 2.24) is 10.2 Å². The monoisotopic (exact) mass is 363 g/mol. The number of thioether (sulfide) groups is 1.